The zero-order valence-corrected chi connectivity index (χ0v) is 14.7. The molecule has 0 radical (unpaired) electrons. The Labute approximate surface area is 152 Å². The van der Waals surface area contributed by atoms with E-state index in [-0.39, 0.29) is 17.2 Å². The first-order valence-corrected chi connectivity index (χ1v) is 9.37. The fraction of sp³-hybridized carbons (Fsp3) is 0.400. The zero-order valence-electron chi connectivity index (χ0n) is 13.9. The minimum atomic E-state index is -0.0636. The highest BCUT2D eigenvalue weighted by Crippen LogP contribution is 2.57. The maximum Gasteiger partial charge on any atom is 0.227 e. The molecule has 1 aliphatic carbocycles. The average Bonchev–Trinajstić information content (AvgIpc) is 3.31. The SMILES string of the molecule is O=C1NCCC[C@@H]1c1cccc(-c2cnc3c(c2Cl)C2(CC2)CN3)c1. The van der Waals surface area contributed by atoms with Gasteiger partial charge in [0, 0.05) is 35.8 Å². The van der Waals surface area contributed by atoms with Crippen molar-refractivity contribution >= 4 is 23.3 Å². The van der Waals surface area contributed by atoms with E-state index >= 15 is 0 Å². The Kier molecular flexibility index (Phi) is 3.32. The highest BCUT2D eigenvalue weighted by atomic mass is 35.5. The number of carbonyl (C=O) groups is 1. The van der Waals surface area contributed by atoms with Gasteiger partial charge in [0.2, 0.25) is 5.91 Å². The van der Waals surface area contributed by atoms with Crippen LogP contribution in [0, 0.1) is 0 Å². The van der Waals surface area contributed by atoms with Crippen LogP contribution >= 0.6 is 11.6 Å². The summed E-state index contributed by atoms with van der Waals surface area (Å²) in [4.78, 5) is 16.8. The lowest BCUT2D eigenvalue weighted by Gasteiger charge is -2.22. The number of hydrogen-bond acceptors (Lipinski definition) is 3. The number of piperidine rings is 1. The van der Waals surface area contributed by atoms with Crippen molar-refractivity contribution < 1.29 is 4.79 Å². The number of hydrogen-bond donors (Lipinski definition) is 2. The number of amides is 1. The van der Waals surface area contributed by atoms with Crippen LogP contribution in [0.4, 0.5) is 5.82 Å². The van der Waals surface area contributed by atoms with E-state index in [4.69, 9.17) is 11.6 Å². The summed E-state index contributed by atoms with van der Waals surface area (Å²) in [5.74, 6) is 1.00. The van der Waals surface area contributed by atoms with Gasteiger partial charge in [-0.1, -0.05) is 35.9 Å². The van der Waals surface area contributed by atoms with Crippen LogP contribution in [0.15, 0.2) is 30.5 Å². The Morgan fingerprint density at radius 1 is 1.24 bits per heavy atom. The summed E-state index contributed by atoms with van der Waals surface area (Å²) in [5, 5.41) is 7.18. The van der Waals surface area contributed by atoms with Crippen LogP contribution < -0.4 is 10.6 Å². The first-order valence-electron chi connectivity index (χ1n) is 8.99. The summed E-state index contributed by atoms with van der Waals surface area (Å²) in [6, 6.07) is 8.22. The molecule has 1 spiro atoms. The first-order chi connectivity index (χ1) is 12.2. The van der Waals surface area contributed by atoms with Gasteiger partial charge in [-0.2, -0.15) is 0 Å². The summed E-state index contributed by atoms with van der Waals surface area (Å²) in [5.41, 5.74) is 4.46. The first kappa shape index (κ1) is 15.2. The van der Waals surface area contributed by atoms with E-state index in [0.717, 1.165) is 53.5 Å². The van der Waals surface area contributed by atoms with Gasteiger partial charge in [-0.15, -0.1) is 0 Å². The van der Waals surface area contributed by atoms with E-state index in [1.807, 2.05) is 18.3 Å². The maximum atomic E-state index is 12.2. The van der Waals surface area contributed by atoms with E-state index in [1.165, 1.54) is 18.4 Å². The molecule has 128 valence electrons. The molecular weight excluding hydrogens is 334 g/mol. The van der Waals surface area contributed by atoms with E-state index in [9.17, 15) is 4.79 Å². The number of halogens is 1. The van der Waals surface area contributed by atoms with Crippen molar-refractivity contribution in [2.24, 2.45) is 0 Å². The molecule has 1 aromatic carbocycles. The van der Waals surface area contributed by atoms with Crippen molar-refractivity contribution in [1.82, 2.24) is 10.3 Å². The van der Waals surface area contributed by atoms with E-state index in [1.54, 1.807) is 0 Å². The lowest BCUT2D eigenvalue weighted by atomic mass is 9.88. The molecule has 1 aromatic heterocycles. The number of fused-ring (bicyclic) bond motifs is 2. The summed E-state index contributed by atoms with van der Waals surface area (Å²) < 4.78 is 0. The number of benzene rings is 1. The Hall–Kier alpha value is -2.07. The largest absolute Gasteiger partial charge is 0.369 e. The fourth-order valence-electron chi connectivity index (χ4n) is 4.24. The standard InChI is InChI=1S/C20H20ClN3O/c21-17-15(10-23-18-16(17)20(6-7-20)11-24-18)13-4-1-3-12(9-13)14-5-2-8-22-19(14)25/h1,3-4,9-10,14H,2,5-8,11H2,(H,22,25)(H,23,24)/t14-/m1/s1. The van der Waals surface area contributed by atoms with Crippen molar-refractivity contribution in [3.63, 3.8) is 0 Å². The van der Waals surface area contributed by atoms with Gasteiger partial charge in [0.05, 0.1) is 10.9 Å². The number of carbonyl (C=O) groups excluding carboxylic acids is 1. The molecule has 0 bridgehead atoms. The lowest BCUT2D eigenvalue weighted by molar-refractivity contribution is -0.123. The molecule has 4 nitrogen and oxygen atoms in total. The topological polar surface area (TPSA) is 54.0 Å². The Bertz CT molecular complexity index is 875. The Morgan fingerprint density at radius 2 is 2.12 bits per heavy atom. The molecule has 5 rings (SSSR count). The van der Waals surface area contributed by atoms with Crippen molar-refractivity contribution in [2.75, 3.05) is 18.4 Å². The predicted octanol–water partition coefficient (Wildman–Crippen LogP) is 3.85. The van der Waals surface area contributed by atoms with Gasteiger partial charge >= 0.3 is 0 Å². The molecule has 1 atom stereocenters. The Morgan fingerprint density at radius 3 is 2.92 bits per heavy atom. The molecule has 2 fully saturated rings. The van der Waals surface area contributed by atoms with Crippen molar-refractivity contribution in [3.05, 3.63) is 46.6 Å². The van der Waals surface area contributed by atoms with E-state index in [0.29, 0.717) is 0 Å². The van der Waals surface area contributed by atoms with Crippen LogP contribution in [0.5, 0.6) is 0 Å². The fourth-order valence-corrected chi connectivity index (χ4v) is 4.69. The van der Waals surface area contributed by atoms with Crippen LogP contribution in [0.3, 0.4) is 0 Å². The lowest BCUT2D eigenvalue weighted by Crippen LogP contribution is -2.35. The summed E-state index contributed by atoms with van der Waals surface area (Å²) in [7, 11) is 0. The third-order valence-electron chi connectivity index (χ3n) is 5.88. The van der Waals surface area contributed by atoms with Gasteiger partial charge in [0.25, 0.3) is 0 Å². The van der Waals surface area contributed by atoms with Crippen LogP contribution in [0.1, 0.15) is 42.7 Å². The molecule has 1 saturated heterocycles. The second kappa shape index (κ2) is 5.46. The second-order valence-corrected chi connectivity index (χ2v) is 7.83. The van der Waals surface area contributed by atoms with E-state index in [2.05, 4.69) is 27.8 Å². The van der Waals surface area contributed by atoms with Crippen molar-refractivity contribution in [1.29, 1.82) is 0 Å². The third-order valence-corrected chi connectivity index (χ3v) is 6.27. The summed E-state index contributed by atoms with van der Waals surface area (Å²) >= 11 is 6.82. The molecule has 3 aliphatic rings. The van der Waals surface area contributed by atoms with Crippen LogP contribution in [-0.2, 0) is 10.2 Å². The molecule has 2 aromatic rings. The smallest absolute Gasteiger partial charge is 0.227 e. The molecule has 1 saturated carbocycles. The molecule has 5 heteroatoms. The van der Waals surface area contributed by atoms with Gasteiger partial charge in [0.1, 0.15) is 5.82 Å². The minimum Gasteiger partial charge on any atom is -0.369 e. The third kappa shape index (κ3) is 2.35. The number of aromatic nitrogens is 1. The minimum absolute atomic E-state index is 0.0636. The number of pyridine rings is 1. The highest BCUT2D eigenvalue weighted by molar-refractivity contribution is 6.34. The quantitative estimate of drug-likeness (QED) is 0.862. The van der Waals surface area contributed by atoms with Gasteiger partial charge in [-0.3, -0.25) is 4.79 Å². The molecule has 2 aliphatic heterocycles. The van der Waals surface area contributed by atoms with Gasteiger partial charge in [-0.05, 0) is 36.8 Å². The van der Waals surface area contributed by atoms with Crippen LogP contribution in [-0.4, -0.2) is 24.0 Å². The average molecular weight is 354 g/mol. The van der Waals surface area contributed by atoms with Crippen molar-refractivity contribution in [3.8, 4) is 11.1 Å². The number of nitrogens with zero attached hydrogens (tertiary/aromatic N) is 1. The molecular formula is C20H20ClN3O. The predicted molar refractivity (Wildman–Crippen MR) is 99.1 cm³/mol. The monoisotopic (exact) mass is 353 g/mol. The number of rotatable bonds is 2. The van der Waals surface area contributed by atoms with Gasteiger partial charge in [-0.25, -0.2) is 4.98 Å². The second-order valence-electron chi connectivity index (χ2n) is 7.45. The molecule has 2 N–H and O–H groups in total. The molecule has 0 unspecified atom stereocenters. The van der Waals surface area contributed by atoms with Crippen LogP contribution in [0.2, 0.25) is 5.02 Å². The normalized spacial score (nSPS) is 23.1. The van der Waals surface area contributed by atoms with Crippen molar-refractivity contribution in [2.45, 2.75) is 37.0 Å². The summed E-state index contributed by atoms with van der Waals surface area (Å²) in [6.45, 7) is 1.73. The van der Waals surface area contributed by atoms with Gasteiger partial charge in [0.15, 0.2) is 0 Å². The molecule has 3 heterocycles. The maximum absolute atomic E-state index is 12.2. The zero-order chi connectivity index (χ0) is 17.0. The Balaban J connectivity index is 1.57. The number of nitrogens with one attached hydrogen (secondary N) is 2. The number of anilines is 1. The summed E-state index contributed by atoms with van der Waals surface area (Å²) in [6.07, 6.45) is 6.14. The van der Waals surface area contributed by atoms with Crippen LogP contribution in [0.25, 0.3) is 11.1 Å². The highest BCUT2D eigenvalue weighted by Gasteiger charge is 2.51. The van der Waals surface area contributed by atoms with E-state index < -0.39 is 0 Å². The molecule has 25 heavy (non-hydrogen) atoms. The molecule has 1 amide bonds. The van der Waals surface area contributed by atoms with Gasteiger partial charge < -0.3 is 10.6 Å².